The molecule has 0 saturated heterocycles. The van der Waals surface area contributed by atoms with Crippen molar-refractivity contribution in [3.8, 4) is 22.9 Å². The number of sulfonamides is 1. The SMILES string of the molecule is CCOc1cncc(-c2ccc(C(=O)NC(C)(C)c3csc(NS(=O)(=O)C4CC4)n3)c(OC)c2)n1. The smallest absolute Gasteiger partial charge is 0.255 e. The number of nitrogens with zero attached hydrogens (tertiary/aromatic N) is 3. The van der Waals surface area contributed by atoms with Crippen molar-refractivity contribution in [3.05, 3.63) is 47.2 Å². The number of thiazole rings is 1. The monoisotopic (exact) mass is 517 g/mol. The number of amides is 1. The maximum Gasteiger partial charge on any atom is 0.255 e. The average molecular weight is 518 g/mol. The molecule has 2 aromatic heterocycles. The second-order valence-electron chi connectivity index (χ2n) is 8.55. The van der Waals surface area contributed by atoms with Gasteiger partial charge in [0.15, 0.2) is 5.13 Å². The van der Waals surface area contributed by atoms with Crippen molar-refractivity contribution in [1.29, 1.82) is 0 Å². The molecule has 186 valence electrons. The second-order valence-corrected chi connectivity index (χ2v) is 11.4. The van der Waals surface area contributed by atoms with Gasteiger partial charge in [-0.2, -0.15) is 0 Å². The average Bonchev–Trinajstić information content (AvgIpc) is 3.59. The van der Waals surface area contributed by atoms with E-state index in [2.05, 4.69) is 25.0 Å². The third kappa shape index (κ3) is 5.70. The first-order chi connectivity index (χ1) is 16.6. The third-order valence-electron chi connectivity index (χ3n) is 5.41. The Morgan fingerprint density at radius 1 is 1.23 bits per heavy atom. The number of hydrogen-bond acceptors (Lipinski definition) is 9. The third-order valence-corrected chi connectivity index (χ3v) is 8.12. The first-order valence-electron chi connectivity index (χ1n) is 11.1. The Hall–Kier alpha value is -3.25. The number of anilines is 1. The van der Waals surface area contributed by atoms with E-state index in [1.807, 2.05) is 6.92 Å². The second kappa shape index (κ2) is 9.78. The van der Waals surface area contributed by atoms with Gasteiger partial charge in [-0.05, 0) is 45.7 Å². The van der Waals surface area contributed by atoms with E-state index in [0.717, 1.165) is 5.56 Å². The van der Waals surface area contributed by atoms with Gasteiger partial charge in [-0.25, -0.2) is 18.4 Å². The number of carbonyl (C=O) groups excluding carboxylic acids is 1. The number of hydrogen-bond donors (Lipinski definition) is 2. The van der Waals surface area contributed by atoms with E-state index in [9.17, 15) is 13.2 Å². The quantitative estimate of drug-likeness (QED) is 0.417. The molecule has 0 spiro atoms. The van der Waals surface area contributed by atoms with Crippen molar-refractivity contribution in [3.63, 3.8) is 0 Å². The number of benzene rings is 1. The van der Waals surface area contributed by atoms with E-state index in [1.54, 1.807) is 43.6 Å². The van der Waals surface area contributed by atoms with Gasteiger partial charge in [-0.3, -0.25) is 14.5 Å². The van der Waals surface area contributed by atoms with E-state index in [1.165, 1.54) is 24.6 Å². The Kier molecular flexibility index (Phi) is 6.95. The highest BCUT2D eigenvalue weighted by atomic mass is 32.2. The summed E-state index contributed by atoms with van der Waals surface area (Å²) < 4.78 is 37.8. The van der Waals surface area contributed by atoms with Crippen molar-refractivity contribution in [2.24, 2.45) is 0 Å². The van der Waals surface area contributed by atoms with Crippen LogP contribution in [-0.4, -0.2) is 48.2 Å². The van der Waals surface area contributed by atoms with E-state index < -0.39 is 15.6 Å². The minimum atomic E-state index is -3.40. The van der Waals surface area contributed by atoms with Crippen LogP contribution in [-0.2, 0) is 15.6 Å². The lowest BCUT2D eigenvalue weighted by Crippen LogP contribution is -2.41. The number of carbonyl (C=O) groups is 1. The summed E-state index contributed by atoms with van der Waals surface area (Å²) in [6.07, 6.45) is 4.48. The Morgan fingerprint density at radius 3 is 2.69 bits per heavy atom. The van der Waals surface area contributed by atoms with Crippen molar-refractivity contribution < 1.29 is 22.7 Å². The maximum absolute atomic E-state index is 13.2. The molecule has 10 nitrogen and oxygen atoms in total. The zero-order valence-electron chi connectivity index (χ0n) is 19.9. The van der Waals surface area contributed by atoms with Gasteiger partial charge in [-0.1, -0.05) is 6.07 Å². The first kappa shape index (κ1) is 24.9. The number of methoxy groups -OCH3 is 1. The molecule has 1 saturated carbocycles. The predicted molar refractivity (Wildman–Crippen MR) is 133 cm³/mol. The molecule has 4 rings (SSSR count). The van der Waals surface area contributed by atoms with Crippen LogP contribution in [0.1, 0.15) is 49.7 Å². The molecule has 0 bridgehead atoms. The topological polar surface area (TPSA) is 132 Å². The summed E-state index contributed by atoms with van der Waals surface area (Å²) in [7, 11) is -1.92. The van der Waals surface area contributed by atoms with Crippen molar-refractivity contribution in [2.75, 3.05) is 18.4 Å². The molecule has 1 amide bonds. The molecule has 2 heterocycles. The van der Waals surface area contributed by atoms with Crippen molar-refractivity contribution >= 4 is 32.4 Å². The summed E-state index contributed by atoms with van der Waals surface area (Å²) >= 11 is 1.18. The van der Waals surface area contributed by atoms with Crippen LogP contribution in [0.25, 0.3) is 11.3 Å². The molecule has 2 N–H and O–H groups in total. The standard InChI is InChI=1S/C23H27N5O5S2/c1-5-33-20-12-24-11-17(25-20)14-6-9-16(18(10-14)32-4)21(29)27-23(2,3)19-13-34-22(26-19)28-35(30,31)15-7-8-15/h6,9-13,15H,5,7-8H2,1-4H3,(H,26,28)(H,27,29). The first-order valence-corrected chi connectivity index (χ1v) is 13.5. The van der Waals surface area contributed by atoms with Crippen LogP contribution in [0.15, 0.2) is 36.0 Å². The summed E-state index contributed by atoms with van der Waals surface area (Å²) in [5.41, 5.74) is 1.33. The molecule has 3 aromatic rings. The molecule has 12 heteroatoms. The Balaban J connectivity index is 1.51. The molecule has 1 aliphatic carbocycles. The lowest BCUT2D eigenvalue weighted by molar-refractivity contribution is 0.0907. The number of ether oxygens (including phenoxy) is 2. The Morgan fingerprint density at radius 2 is 2.00 bits per heavy atom. The fourth-order valence-electron chi connectivity index (χ4n) is 3.35. The summed E-state index contributed by atoms with van der Waals surface area (Å²) in [4.78, 5) is 26.1. The number of rotatable bonds is 10. The molecule has 0 aliphatic heterocycles. The summed E-state index contributed by atoms with van der Waals surface area (Å²) in [5.74, 6) is 0.422. The molecule has 0 unspecified atom stereocenters. The fourth-order valence-corrected chi connectivity index (χ4v) is 5.82. The van der Waals surface area contributed by atoms with Gasteiger partial charge in [0, 0.05) is 10.9 Å². The fraction of sp³-hybridized carbons (Fsp3) is 0.391. The van der Waals surface area contributed by atoms with E-state index in [0.29, 0.717) is 48.0 Å². The minimum absolute atomic E-state index is 0.284. The molecule has 1 aromatic carbocycles. The zero-order valence-corrected chi connectivity index (χ0v) is 21.5. The number of nitrogens with one attached hydrogen (secondary N) is 2. The minimum Gasteiger partial charge on any atom is -0.496 e. The lowest BCUT2D eigenvalue weighted by atomic mass is 10.0. The highest BCUT2D eigenvalue weighted by Gasteiger charge is 2.36. The maximum atomic E-state index is 13.2. The molecule has 1 fully saturated rings. The molecular weight excluding hydrogens is 490 g/mol. The van der Waals surface area contributed by atoms with Crippen LogP contribution < -0.4 is 19.5 Å². The van der Waals surface area contributed by atoms with Crippen LogP contribution in [0.3, 0.4) is 0 Å². The largest absolute Gasteiger partial charge is 0.496 e. The van der Waals surface area contributed by atoms with Crippen LogP contribution >= 0.6 is 11.3 Å². The predicted octanol–water partition coefficient (Wildman–Crippen LogP) is 3.58. The summed E-state index contributed by atoms with van der Waals surface area (Å²) in [6.45, 7) is 5.94. The summed E-state index contributed by atoms with van der Waals surface area (Å²) in [5, 5.41) is 4.63. The number of aromatic nitrogens is 3. The molecule has 0 atom stereocenters. The lowest BCUT2D eigenvalue weighted by Gasteiger charge is -2.25. The molecule has 1 aliphatic rings. The van der Waals surface area contributed by atoms with Crippen LogP contribution in [0.2, 0.25) is 0 Å². The molecular formula is C23H27N5O5S2. The van der Waals surface area contributed by atoms with E-state index in [4.69, 9.17) is 9.47 Å². The van der Waals surface area contributed by atoms with Gasteiger partial charge in [0.2, 0.25) is 15.9 Å². The van der Waals surface area contributed by atoms with Gasteiger partial charge < -0.3 is 14.8 Å². The van der Waals surface area contributed by atoms with Crippen LogP contribution in [0, 0.1) is 0 Å². The molecule has 35 heavy (non-hydrogen) atoms. The van der Waals surface area contributed by atoms with Gasteiger partial charge in [-0.15, -0.1) is 11.3 Å². The Bertz CT molecular complexity index is 1340. The van der Waals surface area contributed by atoms with Gasteiger partial charge >= 0.3 is 0 Å². The van der Waals surface area contributed by atoms with Gasteiger partial charge in [0.1, 0.15) is 5.75 Å². The zero-order chi connectivity index (χ0) is 25.2. The molecule has 0 radical (unpaired) electrons. The van der Waals surface area contributed by atoms with Crippen LogP contribution in [0.5, 0.6) is 11.6 Å². The van der Waals surface area contributed by atoms with Crippen molar-refractivity contribution in [1.82, 2.24) is 20.3 Å². The van der Waals surface area contributed by atoms with Crippen molar-refractivity contribution in [2.45, 2.75) is 44.4 Å². The normalized spacial score (nSPS) is 13.8. The van der Waals surface area contributed by atoms with Gasteiger partial charge in [0.05, 0.1) is 53.9 Å². The van der Waals surface area contributed by atoms with Crippen LogP contribution in [0.4, 0.5) is 5.13 Å². The summed E-state index contributed by atoms with van der Waals surface area (Å²) in [6, 6.07) is 5.14. The highest BCUT2D eigenvalue weighted by Crippen LogP contribution is 2.32. The van der Waals surface area contributed by atoms with E-state index in [-0.39, 0.29) is 16.3 Å². The highest BCUT2D eigenvalue weighted by molar-refractivity contribution is 7.93. The Labute approximate surface area is 208 Å². The van der Waals surface area contributed by atoms with Gasteiger partial charge in [0.25, 0.3) is 5.91 Å². The van der Waals surface area contributed by atoms with E-state index >= 15 is 0 Å².